The van der Waals surface area contributed by atoms with Gasteiger partial charge in [0.15, 0.2) is 0 Å². The summed E-state index contributed by atoms with van der Waals surface area (Å²) in [6, 6.07) is 0.111. The Kier molecular flexibility index (Phi) is 5.62. The van der Waals surface area contributed by atoms with Gasteiger partial charge in [0, 0.05) is 25.7 Å². The van der Waals surface area contributed by atoms with E-state index in [2.05, 4.69) is 10.0 Å². The number of hydrogen-bond acceptors (Lipinski definition) is 3. The van der Waals surface area contributed by atoms with Crippen LogP contribution in [-0.4, -0.2) is 45.4 Å². The van der Waals surface area contributed by atoms with Crippen LogP contribution in [0.4, 0.5) is 0 Å². The third-order valence-electron chi connectivity index (χ3n) is 4.09. The van der Waals surface area contributed by atoms with E-state index >= 15 is 0 Å². The van der Waals surface area contributed by atoms with Gasteiger partial charge in [-0.15, -0.1) is 0 Å². The Balaban J connectivity index is 1.80. The SMILES string of the molecule is CNCC1CCCCN1S(=O)(=O)NCCCC1CC1. The average Bonchev–Trinajstić information content (AvgIpc) is 3.20. The lowest BCUT2D eigenvalue weighted by Crippen LogP contribution is -2.52. The number of piperidine rings is 1. The van der Waals surface area contributed by atoms with Crippen molar-refractivity contribution in [2.45, 2.75) is 51.0 Å². The Bertz CT molecular complexity index is 366. The standard InChI is InChI=1S/C13H27N3O2S/c1-14-11-13-6-2-3-10-16(13)19(17,18)15-9-4-5-12-7-8-12/h12-15H,2-11H2,1H3. The third-order valence-corrected chi connectivity index (χ3v) is 5.76. The van der Waals surface area contributed by atoms with Crippen LogP contribution >= 0.6 is 0 Å². The van der Waals surface area contributed by atoms with Gasteiger partial charge in [-0.25, -0.2) is 4.72 Å². The average molecular weight is 289 g/mol. The molecule has 112 valence electrons. The number of likely N-dealkylation sites (N-methyl/N-ethyl adjacent to an activating group) is 1. The molecule has 2 rings (SSSR count). The molecule has 0 amide bonds. The maximum atomic E-state index is 12.3. The van der Waals surface area contributed by atoms with Gasteiger partial charge in [-0.05, 0) is 38.6 Å². The van der Waals surface area contributed by atoms with Crippen LogP contribution in [0.2, 0.25) is 0 Å². The number of rotatable bonds is 8. The molecule has 0 aromatic carbocycles. The molecule has 0 aromatic rings. The Hall–Kier alpha value is -0.170. The van der Waals surface area contributed by atoms with Crippen molar-refractivity contribution in [2.24, 2.45) is 5.92 Å². The topological polar surface area (TPSA) is 61.4 Å². The first-order chi connectivity index (χ1) is 9.13. The normalized spacial score (nSPS) is 25.6. The van der Waals surface area contributed by atoms with Gasteiger partial charge in [0.2, 0.25) is 0 Å². The molecule has 0 bridgehead atoms. The van der Waals surface area contributed by atoms with Crippen molar-refractivity contribution < 1.29 is 8.42 Å². The minimum Gasteiger partial charge on any atom is -0.318 e. The zero-order valence-electron chi connectivity index (χ0n) is 11.9. The first-order valence-electron chi connectivity index (χ1n) is 7.54. The zero-order valence-corrected chi connectivity index (χ0v) is 12.7. The summed E-state index contributed by atoms with van der Waals surface area (Å²) in [6.07, 6.45) is 7.87. The Morgan fingerprint density at radius 2 is 2.00 bits per heavy atom. The highest BCUT2D eigenvalue weighted by molar-refractivity contribution is 7.87. The molecule has 0 radical (unpaired) electrons. The second-order valence-corrected chi connectivity index (χ2v) is 7.51. The van der Waals surface area contributed by atoms with Crippen LogP contribution < -0.4 is 10.0 Å². The third kappa shape index (κ3) is 4.70. The minimum atomic E-state index is -3.29. The van der Waals surface area contributed by atoms with Crippen molar-refractivity contribution in [1.82, 2.24) is 14.3 Å². The Morgan fingerprint density at radius 1 is 1.21 bits per heavy atom. The van der Waals surface area contributed by atoms with Crippen molar-refractivity contribution in [2.75, 3.05) is 26.7 Å². The first kappa shape index (κ1) is 15.2. The molecule has 0 aromatic heterocycles. The van der Waals surface area contributed by atoms with Gasteiger partial charge in [-0.2, -0.15) is 12.7 Å². The van der Waals surface area contributed by atoms with Crippen LogP contribution in [-0.2, 0) is 10.2 Å². The van der Waals surface area contributed by atoms with E-state index in [-0.39, 0.29) is 6.04 Å². The maximum Gasteiger partial charge on any atom is 0.279 e. The van der Waals surface area contributed by atoms with E-state index in [0.717, 1.165) is 38.1 Å². The highest BCUT2D eigenvalue weighted by Gasteiger charge is 2.31. The van der Waals surface area contributed by atoms with Gasteiger partial charge in [0.05, 0.1) is 0 Å². The highest BCUT2D eigenvalue weighted by atomic mass is 32.2. The van der Waals surface area contributed by atoms with Crippen molar-refractivity contribution in [3.63, 3.8) is 0 Å². The molecule has 1 aliphatic heterocycles. The van der Waals surface area contributed by atoms with E-state index < -0.39 is 10.2 Å². The van der Waals surface area contributed by atoms with Crippen LogP contribution in [0.25, 0.3) is 0 Å². The summed E-state index contributed by atoms with van der Waals surface area (Å²) < 4.78 is 29.1. The molecule has 5 nitrogen and oxygen atoms in total. The Morgan fingerprint density at radius 3 is 2.68 bits per heavy atom. The van der Waals surface area contributed by atoms with Crippen molar-refractivity contribution in [3.05, 3.63) is 0 Å². The zero-order chi connectivity index (χ0) is 13.7. The van der Waals surface area contributed by atoms with E-state index in [1.807, 2.05) is 7.05 Å². The van der Waals surface area contributed by atoms with Crippen LogP contribution in [0.5, 0.6) is 0 Å². The van der Waals surface area contributed by atoms with Gasteiger partial charge >= 0.3 is 0 Å². The summed E-state index contributed by atoms with van der Waals surface area (Å²) in [4.78, 5) is 0. The van der Waals surface area contributed by atoms with Crippen molar-refractivity contribution in [3.8, 4) is 0 Å². The number of hydrogen-bond donors (Lipinski definition) is 2. The molecule has 2 fully saturated rings. The molecule has 19 heavy (non-hydrogen) atoms. The van der Waals surface area contributed by atoms with Crippen LogP contribution in [0.15, 0.2) is 0 Å². The fourth-order valence-electron chi connectivity index (χ4n) is 2.81. The molecule has 1 aliphatic carbocycles. The molecule has 6 heteroatoms. The molecule has 2 N–H and O–H groups in total. The molecule has 1 unspecified atom stereocenters. The molecular weight excluding hydrogens is 262 g/mol. The smallest absolute Gasteiger partial charge is 0.279 e. The monoisotopic (exact) mass is 289 g/mol. The van der Waals surface area contributed by atoms with Gasteiger partial charge in [0.1, 0.15) is 0 Å². The molecular formula is C13H27N3O2S. The van der Waals surface area contributed by atoms with E-state index in [4.69, 9.17) is 0 Å². The fourth-order valence-corrected chi connectivity index (χ4v) is 4.32. The summed E-state index contributed by atoms with van der Waals surface area (Å²) in [5.74, 6) is 0.872. The van der Waals surface area contributed by atoms with E-state index in [0.29, 0.717) is 13.1 Å². The summed E-state index contributed by atoms with van der Waals surface area (Å²) in [5.41, 5.74) is 0. The number of nitrogens with zero attached hydrogens (tertiary/aromatic N) is 1. The second kappa shape index (κ2) is 7.02. The Labute approximate surface area is 117 Å². The summed E-state index contributed by atoms with van der Waals surface area (Å²) in [7, 11) is -1.41. The maximum absolute atomic E-state index is 12.3. The van der Waals surface area contributed by atoms with Crippen molar-refractivity contribution in [1.29, 1.82) is 0 Å². The predicted molar refractivity (Wildman–Crippen MR) is 77.2 cm³/mol. The van der Waals surface area contributed by atoms with Crippen LogP contribution in [0.3, 0.4) is 0 Å². The lowest BCUT2D eigenvalue weighted by molar-refractivity contribution is 0.246. The van der Waals surface area contributed by atoms with E-state index in [1.165, 1.54) is 19.3 Å². The van der Waals surface area contributed by atoms with E-state index in [1.54, 1.807) is 4.31 Å². The molecule has 1 saturated heterocycles. The molecule has 0 spiro atoms. The lowest BCUT2D eigenvalue weighted by Gasteiger charge is -2.34. The predicted octanol–water partition coefficient (Wildman–Crippen LogP) is 1.08. The van der Waals surface area contributed by atoms with Crippen LogP contribution in [0, 0.1) is 5.92 Å². The minimum absolute atomic E-state index is 0.111. The van der Waals surface area contributed by atoms with Gasteiger partial charge in [0.25, 0.3) is 10.2 Å². The molecule has 1 atom stereocenters. The first-order valence-corrected chi connectivity index (χ1v) is 8.98. The summed E-state index contributed by atoms with van der Waals surface area (Å²) >= 11 is 0. The molecule has 1 heterocycles. The lowest BCUT2D eigenvalue weighted by atomic mass is 10.1. The second-order valence-electron chi connectivity index (χ2n) is 5.80. The van der Waals surface area contributed by atoms with Gasteiger partial charge in [-0.1, -0.05) is 19.3 Å². The highest BCUT2D eigenvalue weighted by Crippen LogP contribution is 2.33. The largest absolute Gasteiger partial charge is 0.318 e. The van der Waals surface area contributed by atoms with Gasteiger partial charge in [-0.3, -0.25) is 0 Å². The molecule has 1 saturated carbocycles. The summed E-state index contributed by atoms with van der Waals surface area (Å²) in [6.45, 7) is 1.98. The molecule has 2 aliphatic rings. The van der Waals surface area contributed by atoms with Crippen LogP contribution in [0.1, 0.15) is 44.9 Å². The van der Waals surface area contributed by atoms with Crippen molar-refractivity contribution >= 4 is 10.2 Å². The number of nitrogens with one attached hydrogen (secondary N) is 2. The van der Waals surface area contributed by atoms with E-state index in [9.17, 15) is 8.42 Å². The quantitative estimate of drug-likeness (QED) is 0.658. The fraction of sp³-hybridized carbons (Fsp3) is 1.00. The summed E-state index contributed by atoms with van der Waals surface area (Å²) in [5, 5.41) is 3.10. The van der Waals surface area contributed by atoms with Gasteiger partial charge < -0.3 is 5.32 Å².